The lowest BCUT2D eigenvalue weighted by molar-refractivity contribution is 0.151. The van der Waals surface area contributed by atoms with E-state index < -0.39 is 6.43 Å². The molecule has 0 bridgehead atoms. The SMILES string of the molecule is Oc1ccc2c(Oc3ccccc3)c(-c3ccc(C(F)F)cc3)sc2c1. The van der Waals surface area contributed by atoms with Crippen molar-refractivity contribution in [2.45, 2.75) is 6.43 Å². The van der Waals surface area contributed by atoms with Crippen LogP contribution in [0.1, 0.15) is 12.0 Å². The van der Waals surface area contributed by atoms with Crippen LogP contribution >= 0.6 is 11.3 Å². The Labute approximate surface area is 152 Å². The summed E-state index contributed by atoms with van der Waals surface area (Å²) in [5.41, 5.74) is 0.777. The highest BCUT2D eigenvalue weighted by atomic mass is 32.1. The number of ether oxygens (including phenoxy) is 1. The molecule has 2 nitrogen and oxygen atoms in total. The number of thiophene rings is 1. The third kappa shape index (κ3) is 3.13. The lowest BCUT2D eigenvalue weighted by Gasteiger charge is -2.08. The molecular weight excluding hydrogens is 354 g/mol. The second kappa shape index (κ2) is 6.77. The molecule has 0 radical (unpaired) electrons. The zero-order chi connectivity index (χ0) is 18.1. The minimum Gasteiger partial charge on any atom is -0.508 e. The van der Waals surface area contributed by atoms with Gasteiger partial charge in [0.1, 0.15) is 11.5 Å². The Balaban J connectivity index is 1.85. The summed E-state index contributed by atoms with van der Waals surface area (Å²) >= 11 is 1.45. The highest BCUT2D eigenvalue weighted by Crippen LogP contribution is 2.47. The first-order chi connectivity index (χ1) is 12.6. The molecule has 0 aliphatic heterocycles. The Hall–Kier alpha value is -2.92. The summed E-state index contributed by atoms with van der Waals surface area (Å²) in [4.78, 5) is 0.829. The summed E-state index contributed by atoms with van der Waals surface area (Å²) in [5, 5.41) is 10.6. The molecule has 26 heavy (non-hydrogen) atoms. The molecule has 0 atom stereocenters. The second-order valence-corrected chi connectivity index (χ2v) is 6.83. The minimum atomic E-state index is -2.50. The van der Waals surface area contributed by atoms with Crippen molar-refractivity contribution < 1.29 is 18.6 Å². The van der Waals surface area contributed by atoms with E-state index in [1.165, 1.54) is 23.5 Å². The highest BCUT2D eigenvalue weighted by molar-refractivity contribution is 7.22. The number of hydrogen-bond acceptors (Lipinski definition) is 3. The van der Waals surface area contributed by atoms with Crippen LogP contribution in [0, 0.1) is 0 Å². The fourth-order valence-corrected chi connectivity index (χ4v) is 3.91. The Kier molecular flexibility index (Phi) is 4.31. The van der Waals surface area contributed by atoms with E-state index in [-0.39, 0.29) is 11.3 Å². The maximum Gasteiger partial charge on any atom is 0.263 e. The van der Waals surface area contributed by atoms with Crippen LogP contribution in [0.4, 0.5) is 8.78 Å². The smallest absolute Gasteiger partial charge is 0.263 e. The number of rotatable bonds is 4. The predicted molar refractivity (Wildman–Crippen MR) is 100 cm³/mol. The monoisotopic (exact) mass is 368 g/mol. The van der Waals surface area contributed by atoms with Crippen molar-refractivity contribution in [3.05, 3.63) is 78.4 Å². The predicted octanol–water partition coefficient (Wildman–Crippen LogP) is 7.00. The second-order valence-electron chi connectivity index (χ2n) is 5.78. The van der Waals surface area contributed by atoms with Crippen molar-refractivity contribution >= 4 is 21.4 Å². The Morgan fingerprint density at radius 3 is 2.31 bits per heavy atom. The van der Waals surface area contributed by atoms with Crippen LogP contribution in [0.3, 0.4) is 0 Å². The van der Waals surface area contributed by atoms with Crippen molar-refractivity contribution in [2.75, 3.05) is 0 Å². The molecule has 1 aromatic heterocycles. The quantitative estimate of drug-likeness (QED) is 0.420. The van der Waals surface area contributed by atoms with Crippen LogP contribution in [0.2, 0.25) is 0 Å². The zero-order valence-electron chi connectivity index (χ0n) is 13.5. The molecule has 0 unspecified atom stereocenters. The van der Waals surface area contributed by atoms with Crippen molar-refractivity contribution in [3.8, 4) is 27.7 Å². The van der Waals surface area contributed by atoms with Gasteiger partial charge in [0.05, 0.1) is 4.88 Å². The van der Waals surface area contributed by atoms with E-state index in [9.17, 15) is 13.9 Å². The van der Waals surface area contributed by atoms with Gasteiger partial charge in [0.2, 0.25) is 0 Å². The molecule has 0 spiro atoms. The Morgan fingerprint density at radius 1 is 0.885 bits per heavy atom. The van der Waals surface area contributed by atoms with Gasteiger partial charge in [0.15, 0.2) is 5.75 Å². The normalized spacial score (nSPS) is 11.2. The highest BCUT2D eigenvalue weighted by Gasteiger charge is 2.17. The molecular formula is C21H14F2O2S. The van der Waals surface area contributed by atoms with E-state index in [4.69, 9.17) is 4.74 Å². The van der Waals surface area contributed by atoms with E-state index in [0.29, 0.717) is 11.5 Å². The third-order valence-electron chi connectivity index (χ3n) is 4.02. The van der Waals surface area contributed by atoms with Gasteiger partial charge >= 0.3 is 0 Å². The van der Waals surface area contributed by atoms with E-state index >= 15 is 0 Å². The average Bonchev–Trinajstić information content (AvgIpc) is 3.00. The van der Waals surface area contributed by atoms with Gasteiger partial charge in [-0.3, -0.25) is 0 Å². The number of fused-ring (bicyclic) bond motifs is 1. The molecule has 4 rings (SSSR count). The molecule has 1 N–H and O–H groups in total. The summed E-state index contributed by atoms with van der Waals surface area (Å²) in [6.07, 6.45) is -2.50. The number of phenolic OH excluding ortho intramolecular Hbond substituents is 1. The summed E-state index contributed by atoms with van der Waals surface area (Å²) in [5.74, 6) is 1.51. The lowest BCUT2D eigenvalue weighted by Crippen LogP contribution is -1.86. The molecule has 3 aromatic carbocycles. The van der Waals surface area contributed by atoms with E-state index in [0.717, 1.165) is 20.5 Å². The number of phenols is 1. The van der Waals surface area contributed by atoms with Gasteiger partial charge in [-0.1, -0.05) is 42.5 Å². The van der Waals surface area contributed by atoms with Crippen LogP contribution in [-0.2, 0) is 0 Å². The molecule has 1 heterocycles. The Morgan fingerprint density at radius 2 is 1.62 bits per heavy atom. The average molecular weight is 368 g/mol. The first-order valence-corrected chi connectivity index (χ1v) is 8.80. The van der Waals surface area contributed by atoms with Crippen molar-refractivity contribution in [1.29, 1.82) is 0 Å². The zero-order valence-corrected chi connectivity index (χ0v) is 14.3. The van der Waals surface area contributed by atoms with Gasteiger partial charge in [0.25, 0.3) is 6.43 Å². The van der Waals surface area contributed by atoms with Crippen LogP contribution in [0.15, 0.2) is 72.8 Å². The molecule has 0 amide bonds. The van der Waals surface area contributed by atoms with Gasteiger partial charge < -0.3 is 9.84 Å². The lowest BCUT2D eigenvalue weighted by atomic mass is 10.1. The number of para-hydroxylation sites is 1. The maximum absolute atomic E-state index is 12.8. The van der Waals surface area contributed by atoms with E-state index in [1.54, 1.807) is 30.3 Å². The first kappa shape index (κ1) is 16.5. The van der Waals surface area contributed by atoms with Crippen LogP contribution in [-0.4, -0.2) is 5.11 Å². The summed E-state index contributed by atoms with van der Waals surface area (Å²) < 4.78 is 32.6. The fraction of sp³-hybridized carbons (Fsp3) is 0.0476. The Bertz CT molecular complexity index is 1040. The maximum atomic E-state index is 12.8. The summed E-state index contributed by atoms with van der Waals surface area (Å²) in [6, 6.07) is 20.7. The molecule has 0 fully saturated rings. The van der Waals surface area contributed by atoms with Gasteiger partial charge in [-0.2, -0.15) is 0 Å². The van der Waals surface area contributed by atoms with E-state index in [2.05, 4.69) is 0 Å². The molecule has 0 aliphatic rings. The number of hydrogen-bond donors (Lipinski definition) is 1. The van der Waals surface area contributed by atoms with Gasteiger partial charge in [-0.05, 0) is 35.9 Å². The van der Waals surface area contributed by atoms with Gasteiger partial charge in [0, 0.05) is 15.6 Å². The molecule has 130 valence electrons. The fourth-order valence-electron chi connectivity index (χ4n) is 2.74. The molecule has 0 saturated carbocycles. The van der Waals surface area contributed by atoms with Crippen molar-refractivity contribution in [1.82, 2.24) is 0 Å². The standard InChI is InChI=1S/C21H14F2O2S/c22-21(23)14-8-6-13(7-9-14)20-19(25-16-4-2-1-3-5-16)17-11-10-15(24)12-18(17)26-20/h1-12,21,24H. The van der Waals surface area contributed by atoms with Gasteiger partial charge in [-0.15, -0.1) is 11.3 Å². The minimum absolute atomic E-state index is 0.0157. The largest absolute Gasteiger partial charge is 0.508 e. The molecule has 0 saturated heterocycles. The third-order valence-corrected chi connectivity index (χ3v) is 5.20. The van der Waals surface area contributed by atoms with Crippen LogP contribution in [0.25, 0.3) is 20.5 Å². The molecule has 0 aliphatic carbocycles. The number of alkyl halides is 2. The van der Waals surface area contributed by atoms with Crippen LogP contribution in [0.5, 0.6) is 17.2 Å². The first-order valence-electron chi connectivity index (χ1n) is 7.99. The molecule has 5 heteroatoms. The van der Waals surface area contributed by atoms with Crippen molar-refractivity contribution in [3.63, 3.8) is 0 Å². The summed E-state index contributed by atoms with van der Waals surface area (Å²) in [7, 11) is 0. The number of aromatic hydroxyl groups is 1. The van der Waals surface area contributed by atoms with Crippen molar-refractivity contribution in [2.24, 2.45) is 0 Å². The van der Waals surface area contributed by atoms with Gasteiger partial charge in [-0.25, -0.2) is 8.78 Å². The number of benzene rings is 3. The van der Waals surface area contributed by atoms with E-state index in [1.807, 2.05) is 30.3 Å². The molecule has 4 aromatic rings. The van der Waals surface area contributed by atoms with Crippen LogP contribution < -0.4 is 4.74 Å². The topological polar surface area (TPSA) is 29.5 Å². The number of halogens is 2. The summed E-state index contributed by atoms with van der Waals surface area (Å²) in [6.45, 7) is 0.